The molecule has 0 bridgehead atoms. The molecule has 0 unspecified atom stereocenters. The summed E-state index contributed by atoms with van der Waals surface area (Å²) in [4.78, 5) is 27.7. The molecule has 2 aromatic heterocycles. The quantitative estimate of drug-likeness (QED) is 0.381. The van der Waals surface area contributed by atoms with Gasteiger partial charge in [0.1, 0.15) is 11.4 Å². The second kappa shape index (κ2) is 10.7. The van der Waals surface area contributed by atoms with Crippen LogP contribution in [0.3, 0.4) is 0 Å². The summed E-state index contributed by atoms with van der Waals surface area (Å²) >= 11 is 0. The van der Waals surface area contributed by atoms with Gasteiger partial charge in [0.15, 0.2) is 0 Å². The van der Waals surface area contributed by atoms with Crippen molar-refractivity contribution in [2.75, 3.05) is 37.6 Å². The van der Waals surface area contributed by atoms with Gasteiger partial charge in [-0.15, -0.1) is 0 Å². The summed E-state index contributed by atoms with van der Waals surface area (Å²) in [6.45, 7) is 6.98. The van der Waals surface area contributed by atoms with E-state index in [9.17, 15) is 10.1 Å². The van der Waals surface area contributed by atoms with E-state index in [-0.39, 0.29) is 11.7 Å². The van der Waals surface area contributed by atoms with Crippen molar-refractivity contribution in [2.24, 2.45) is 5.73 Å². The normalized spacial score (nSPS) is 14.0. The van der Waals surface area contributed by atoms with Crippen LogP contribution in [0, 0.1) is 18.3 Å². The molecule has 2 aromatic carbocycles. The monoisotopic (exact) mass is 495 g/mol. The number of aryl methyl sites for hydroxylation is 2. The van der Waals surface area contributed by atoms with Gasteiger partial charge in [0.2, 0.25) is 0 Å². The van der Waals surface area contributed by atoms with Crippen LogP contribution in [0.2, 0.25) is 0 Å². The fourth-order valence-electron chi connectivity index (χ4n) is 4.75. The van der Waals surface area contributed by atoms with Crippen molar-refractivity contribution in [3.63, 3.8) is 0 Å². The second-order valence-electron chi connectivity index (χ2n) is 9.26. The van der Waals surface area contributed by atoms with Crippen molar-refractivity contribution in [3.05, 3.63) is 77.2 Å². The highest BCUT2D eigenvalue weighted by Gasteiger charge is 2.18. The number of primary amides is 1. The van der Waals surface area contributed by atoms with Crippen LogP contribution >= 0.6 is 0 Å². The Morgan fingerprint density at radius 3 is 2.76 bits per heavy atom. The maximum Gasteiger partial charge on any atom is 0.322 e. The first-order valence-electron chi connectivity index (χ1n) is 12.4. The van der Waals surface area contributed by atoms with Gasteiger partial charge in [-0.05, 0) is 79.9 Å². The van der Waals surface area contributed by atoms with Crippen LogP contribution in [0.25, 0.3) is 10.9 Å². The zero-order chi connectivity index (χ0) is 25.8. The highest BCUT2D eigenvalue weighted by Crippen LogP contribution is 2.28. The van der Waals surface area contributed by atoms with E-state index in [4.69, 9.17) is 10.5 Å². The lowest BCUT2D eigenvalue weighted by molar-refractivity contribution is 0.0994. The van der Waals surface area contributed by atoms with Crippen LogP contribution in [-0.2, 0) is 6.42 Å². The van der Waals surface area contributed by atoms with E-state index in [2.05, 4.69) is 43.1 Å². The minimum absolute atomic E-state index is 0.0962. The fraction of sp³-hybridized carbons (Fsp3) is 0.286. The molecule has 3 N–H and O–H groups in total. The molecule has 1 aliphatic rings. The van der Waals surface area contributed by atoms with E-state index in [1.165, 1.54) is 17.8 Å². The molecule has 37 heavy (non-hydrogen) atoms. The van der Waals surface area contributed by atoms with Crippen molar-refractivity contribution in [1.29, 1.82) is 5.26 Å². The van der Waals surface area contributed by atoms with Crippen LogP contribution in [0.4, 0.5) is 5.69 Å². The molecule has 0 spiro atoms. The number of H-pyrrole nitrogens is 1. The standard InChI is InChI=1S/C28H29N7O2/c1-19-15-22(5-7-26(19)37-28-31-9-8-25(33-28)27(30)36)35-13-11-34(12-14-35)10-2-3-21-18-32-24-6-4-20(17-29)16-23(21)24/h4-9,15-16,18,32H,2-3,10-14H2,1H3,(H2,30,36). The molecule has 1 fully saturated rings. The molecular weight excluding hydrogens is 466 g/mol. The highest BCUT2D eigenvalue weighted by atomic mass is 16.5. The molecule has 0 radical (unpaired) electrons. The molecule has 5 rings (SSSR count). The average Bonchev–Trinajstić information content (AvgIpc) is 3.32. The van der Waals surface area contributed by atoms with E-state index in [1.807, 2.05) is 37.3 Å². The van der Waals surface area contributed by atoms with Crippen LogP contribution in [0.15, 0.2) is 54.9 Å². The number of hydrogen-bond donors (Lipinski definition) is 2. The number of piperazine rings is 1. The number of amides is 1. The van der Waals surface area contributed by atoms with Crippen LogP contribution < -0.4 is 15.4 Å². The average molecular weight is 496 g/mol. The number of anilines is 1. The lowest BCUT2D eigenvalue weighted by Gasteiger charge is -2.36. The van der Waals surface area contributed by atoms with Crippen LogP contribution in [0.5, 0.6) is 11.8 Å². The molecule has 188 valence electrons. The Bertz CT molecular complexity index is 1470. The van der Waals surface area contributed by atoms with Gasteiger partial charge in [0, 0.05) is 55.2 Å². The molecule has 1 amide bonds. The molecule has 0 saturated carbocycles. The van der Waals surface area contributed by atoms with Gasteiger partial charge >= 0.3 is 6.01 Å². The summed E-state index contributed by atoms with van der Waals surface area (Å²) in [5.74, 6) is 0.0220. The van der Waals surface area contributed by atoms with Gasteiger partial charge in [-0.2, -0.15) is 10.2 Å². The van der Waals surface area contributed by atoms with Crippen molar-refractivity contribution in [1.82, 2.24) is 19.9 Å². The molecule has 0 aliphatic carbocycles. The number of fused-ring (bicyclic) bond motifs is 1. The first kappa shape index (κ1) is 24.3. The van der Waals surface area contributed by atoms with Gasteiger partial charge in [-0.1, -0.05) is 0 Å². The Hall–Kier alpha value is -4.42. The Morgan fingerprint density at radius 1 is 1.16 bits per heavy atom. The third kappa shape index (κ3) is 5.55. The number of nitriles is 1. The zero-order valence-corrected chi connectivity index (χ0v) is 20.8. The molecule has 3 heterocycles. The number of aromatic amines is 1. The SMILES string of the molecule is Cc1cc(N2CCN(CCCc3c[nH]c4ccc(C#N)cc34)CC2)ccc1Oc1nccc(C(N)=O)n1. The number of rotatable bonds is 8. The van der Waals surface area contributed by atoms with Crippen LogP contribution in [-0.4, -0.2) is 58.5 Å². The molecule has 9 nitrogen and oxygen atoms in total. The first-order valence-corrected chi connectivity index (χ1v) is 12.4. The summed E-state index contributed by atoms with van der Waals surface area (Å²) in [5.41, 5.74) is 10.6. The Morgan fingerprint density at radius 2 is 2.00 bits per heavy atom. The zero-order valence-electron chi connectivity index (χ0n) is 20.8. The first-order chi connectivity index (χ1) is 18.0. The summed E-state index contributed by atoms with van der Waals surface area (Å²) in [6, 6.07) is 15.7. The number of nitrogens with zero attached hydrogens (tertiary/aromatic N) is 5. The number of nitrogens with two attached hydrogens (primary N) is 1. The number of aromatic nitrogens is 3. The minimum Gasteiger partial charge on any atom is -0.424 e. The molecule has 1 aliphatic heterocycles. The molecular formula is C28H29N7O2. The van der Waals surface area contributed by atoms with E-state index in [1.54, 1.807) is 0 Å². The van der Waals surface area contributed by atoms with Gasteiger partial charge in [-0.25, -0.2) is 4.98 Å². The second-order valence-corrected chi connectivity index (χ2v) is 9.26. The van der Waals surface area contributed by atoms with Crippen molar-refractivity contribution in [2.45, 2.75) is 19.8 Å². The molecule has 4 aromatic rings. The summed E-state index contributed by atoms with van der Waals surface area (Å²) < 4.78 is 5.80. The number of carbonyl (C=O) groups excluding carboxylic acids is 1. The van der Waals surface area contributed by atoms with Gasteiger partial charge in [0.05, 0.1) is 11.6 Å². The van der Waals surface area contributed by atoms with Gasteiger partial charge in [0.25, 0.3) is 5.91 Å². The lowest BCUT2D eigenvalue weighted by atomic mass is 10.1. The van der Waals surface area contributed by atoms with Crippen molar-refractivity contribution >= 4 is 22.5 Å². The third-order valence-electron chi connectivity index (χ3n) is 6.80. The highest BCUT2D eigenvalue weighted by molar-refractivity contribution is 5.90. The Labute approximate surface area is 215 Å². The molecule has 0 atom stereocenters. The largest absolute Gasteiger partial charge is 0.424 e. The molecule has 9 heteroatoms. The van der Waals surface area contributed by atoms with E-state index in [0.29, 0.717) is 11.3 Å². The van der Waals surface area contributed by atoms with Crippen molar-refractivity contribution in [3.8, 4) is 17.8 Å². The maximum absolute atomic E-state index is 11.4. The third-order valence-corrected chi connectivity index (χ3v) is 6.80. The van der Waals surface area contributed by atoms with Gasteiger partial charge in [-0.3, -0.25) is 9.69 Å². The summed E-state index contributed by atoms with van der Waals surface area (Å²) in [7, 11) is 0. The Kier molecular flexibility index (Phi) is 7.01. The maximum atomic E-state index is 11.4. The van der Waals surface area contributed by atoms with Gasteiger partial charge < -0.3 is 20.4 Å². The summed E-state index contributed by atoms with van der Waals surface area (Å²) in [5, 5.41) is 10.3. The number of carbonyl (C=O) groups is 1. The summed E-state index contributed by atoms with van der Waals surface area (Å²) in [6.07, 6.45) is 5.59. The minimum atomic E-state index is -0.620. The number of hydrogen-bond acceptors (Lipinski definition) is 7. The van der Waals surface area contributed by atoms with E-state index >= 15 is 0 Å². The van der Waals surface area contributed by atoms with Crippen LogP contribution in [0.1, 0.15) is 33.6 Å². The number of benzene rings is 2. The molecule has 1 saturated heterocycles. The number of ether oxygens (including phenoxy) is 1. The van der Waals surface area contributed by atoms with E-state index < -0.39 is 5.91 Å². The lowest BCUT2D eigenvalue weighted by Crippen LogP contribution is -2.46. The number of nitrogens with one attached hydrogen (secondary N) is 1. The van der Waals surface area contributed by atoms with E-state index in [0.717, 1.165) is 67.7 Å². The topological polar surface area (TPSA) is 124 Å². The fourth-order valence-corrected chi connectivity index (χ4v) is 4.75. The Balaban J connectivity index is 1.13. The predicted octanol–water partition coefficient (Wildman–Crippen LogP) is 3.78. The predicted molar refractivity (Wildman–Crippen MR) is 142 cm³/mol. The smallest absolute Gasteiger partial charge is 0.322 e. The van der Waals surface area contributed by atoms with Crippen molar-refractivity contribution < 1.29 is 9.53 Å².